The maximum atomic E-state index is 12.9. The number of nitrogens with one attached hydrogen (secondary N) is 2. The van der Waals surface area contributed by atoms with Crippen molar-refractivity contribution in [2.24, 2.45) is 12.1 Å². The van der Waals surface area contributed by atoms with Crippen LogP contribution in [0.25, 0.3) is 16.8 Å². The lowest BCUT2D eigenvalue weighted by molar-refractivity contribution is 0.0697. The predicted molar refractivity (Wildman–Crippen MR) is 125 cm³/mol. The summed E-state index contributed by atoms with van der Waals surface area (Å²) in [7, 11) is 1.66. The van der Waals surface area contributed by atoms with Crippen molar-refractivity contribution in [3.8, 4) is 22.6 Å². The largest absolute Gasteiger partial charge is 0.505 e. The molecule has 0 aliphatic rings. The Labute approximate surface area is 188 Å². The van der Waals surface area contributed by atoms with Crippen molar-refractivity contribution in [1.82, 2.24) is 14.6 Å². The van der Waals surface area contributed by atoms with Crippen molar-refractivity contribution in [2.45, 2.75) is 13.8 Å². The van der Waals surface area contributed by atoms with Gasteiger partial charge in [0, 0.05) is 12.6 Å². The lowest BCUT2D eigenvalue weighted by atomic mass is 10.0. The molecule has 0 aliphatic carbocycles. The van der Waals surface area contributed by atoms with Gasteiger partial charge in [-0.3, -0.25) is 14.9 Å². The van der Waals surface area contributed by atoms with Crippen molar-refractivity contribution >= 4 is 11.7 Å². The number of benzene rings is 3. The Morgan fingerprint density at radius 2 is 1.79 bits per heavy atom. The van der Waals surface area contributed by atoms with Gasteiger partial charge in [0.15, 0.2) is 0 Å². The number of anilines is 1. The van der Waals surface area contributed by atoms with Gasteiger partial charge >= 0.3 is 11.5 Å². The number of carboxylic acid groups (broad SMARTS) is 1. The standard InChI is InChI=1S/C24H23N5O4/c1-14-10-11-18(12-15(14)2)29-23(31)22(28(3)27-29)26-25-20-9-5-8-19(21(20)30)16-6-4-7-17(13-16)24(32)33/h4-13,25,27,30H,1-3H3,(H,32,33)/b26-22+. The van der Waals surface area contributed by atoms with E-state index in [9.17, 15) is 19.8 Å². The van der Waals surface area contributed by atoms with Crippen molar-refractivity contribution in [1.29, 1.82) is 0 Å². The highest BCUT2D eigenvalue weighted by Gasteiger charge is 2.12. The summed E-state index contributed by atoms with van der Waals surface area (Å²) < 4.78 is 2.86. The zero-order valence-corrected chi connectivity index (χ0v) is 18.3. The minimum absolute atomic E-state index is 0.103. The van der Waals surface area contributed by atoms with Crippen LogP contribution in [0.2, 0.25) is 0 Å². The molecule has 33 heavy (non-hydrogen) atoms. The van der Waals surface area contributed by atoms with E-state index in [-0.39, 0.29) is 28.0 Å². The van der Waals surface area contributed by atoms with Crippen molar-refractivity contribution in [2.75, 3.05) is 5.43 Å². The highest BCUT2D eigenvalue weighted by atomic mass is 16.4. The van der Waals surface area contributed by atoms with Gasteiger partial charge in [-0.1, -0.05) is 30.3 Å². The molecule has 0 aliphatic heterocycles. The Bertz CT molecular complexity index is 1490. The number of phenols is 1. The van der Waals surface area contributed by atoms with E-state index in [1.165, 1.54) is 21.5 Å². The van der Waals surface area contributed by atoms with Crippen LogP contribution in [-0.2, 0) is 7.05 Å². The number of carbonyl (C=O) groups is 1. The third kappa shape index (κ3) is 4.16. The minimum Gasteiger partial charge on any atom is -0.505 e. The van der Waals surface area contributed by atoms with Crippen molar-refractivity contribution in [3.05, 3.63) is 93.2 Å². The quantitative estimate of drug-likeness (QED) is 0.278. The molecule has 0 fully saturated rings. The average Bonchev–Trinajstić information content (AvgIpc) is 3.08. The highest BCUT2D eigenvalue weighted by molar-refractivity contribution is 5.90. The summed E-state index contributed by atoms with van der Waals surface area (Å²) in [5, 5.41) is 27.1. The highest BCUT2D eigenvalue weighted by Crippen LogP contribution is 2.35. The second kappa shape index (κ2) is 8.54. The van der Waals surface area contributed by atoms with E-state index < -0.39 is 5.97 Å². The third-order valence-corrected chi connectivity index (χ3v) is 5.45. The zero-order valence-electron chi connectivity index (χ0n) is 18.3. The number of aryl methyl sites for hydroxylation is 3. The van der Waals surface area contributed by atoms with E-state index in [1.807, 2.05) is 32.0 Å². The molecule has 0 saturated carbocycles. The Morgan fingerprint density at radius 1 is 1.03 bits per heavy atom. The average molecular weight is 445 g/mol. The van der Waals surface area contributed by atoms with Crippen LogP contribution in [0.1, 0.15) is 21.5 Å². The summed E-state index contributed by atoms with van der Waals surface area (Å²) >= 11 is 0. The maximum Gasteiger partial charge on any atom is 0.335 e. The summed E-state index contributed by atoms with van der Waals surface area (Å²) in [6, 6.07) is 16.9. The number of hydrogen-bond acceptors (Lipinski definition) is 5. The summed E-state index contributed by atoms with van der Waals surface area (Å²) in [6.07, 6.45) is 0. The molecule has 4 N–H and O–H groups in total. The maximum absolute atomic E-state index is 12.9. The molecule has 1 heterocycles. The molecule has 9 heteroatoms. The van der Waals surface area contributed by atoms with E-state index in [0.29, 0.717) is 16.8 Å². The first-order chi connectivity index (χ1) is 15.8. The minimum atomic E-state index is -1.05. The Hall–Kier alpha value is -4.53. The summed E-state index contributed by atoms with van der Waals surface area (Å²) in [5.41, 5.74) is 6.71. The monoisotopic (exact) mass is 445 g/mol. The molecular weight excluding hydrogens is 422 g/mol. The summed E-state index contributed by atoms with van der Waals surface area (Å²) in [5.74, 6) is -1.17. The van der Waals surface area contributed by atoms with Crippen LogP contribution in [0.15, 0.2) is 70.6 Å². The molecule has 0 unspecified atom stereocenters. The molecule has 0 spiro atoms. The molecule has 0 saturated heterocycles. The van der Waals surface area contributed by atoms with Gasteiger partial charge in [-0.25, -0.2) is 14.7 Å². The van der Waals surface area contributed by atoms with Gasteiger partial charge in [0.25, 0.3) is 0 Å². The molecule has 9 nitrogen and oxygen atoms in total. The van der Waals surface area contributed by atoms with Gasteiger partial charge in [-0.2, -0.15) is 0 Å². The zero-order chi connectivity index (χ0) is 23.7. The molecule has 4 aromatic rings. The first-order valence-corrected chi connectivity index (χ1v) is 10.2. The topological polar surface area (TPSA) is 125 Å². The fraction of sp³-hybridized carbons (Fsp3) is 0.125. The van der Waals surface area contributed by atoms with Gasteiger partial charge in [0.05, 0.1) is 16.9 Å². The van der Waals surface area contributed by atoms with Crippen LogP contribution >= 0.6 is 0 Å². The van der Waals surface area contributed by atoms with Crippen LogP contribution in [0.3, 0.4) is 0 Å². The molecule has 4 rings (SSSR count). The molecule has 0 amide bonds. The molecular formula is C24H23N5O4. The summed E-state index contributed by atoms with van der Waals surface area (Å²) in [6.45, 7) is 3.97. The molecule has 0 bridgehead atoms. The Balaban J connectivity index is 1.71. The Kier molecular flexibility index (Phi) is 5.61. The number of aromatic nitrogens is 3. The normalized spacial score (nSPS) is 11.5. The van der Waals surface area contributed by atoms with E-state index in [1.54, 1.807) is 37.4 Å². The molecule has 168 valence electrons. The number of H-pyrrole nitrogens is 1. The van der Waals surface area contributed by atoms with Crippen LogP contribution in [0, 0.1) is 13.8 Å². The number of hydrogen-bond donors (Lipinski definition) is 4. The number of aromatic carboxylic acids is 1. The van der Waals surface area contributed by atoms with Crippen LogP contribution in [-0.4, -0.2) is 30.8 Å². The van der Waals surface area contributed by atoms with Gasteiger partial charge in [-0.05, 0) is 60.9 Å². The van der Waals surface area contributed by atoms with Crippen molar-refractivity contribution in [3.63, 3.8) is 0 Å². The van der Waals surface area contributed by atoms with E-state index in [2.05, 4.69) is 15.7 Å². The number of rotatable bonds is 5. The van der Waals surface area contributed by atoms with Crippen LogP contribution in [0.5, 0.6) is 5.75 Å². The number of carboxylic acids is 1. The number of aromatic amines is 1. The van der Waals surface area contributed by atoms with E-state index >= 15 is 0 Å². The van der Waals surface area contributed by atoms with Crippen LogP contribution in [0.4, 0.5) is 5.69 Å². The van der Waals surface area contributed by atoms with E-state index in [0.717, 1.165) is 11.1 Å². The van der Waals surface area contributed by atoms with E-state index in [4.69, 9.17) is 0 Å². The molecule has 1 aromatic heterocycles. The Morgan fingerprint density at radius 3 is 2.52 bits per heavy atom. The molecule has 3 aromatic carbocycles. The first kappa shape index (κ1) is 21.7. The predicted octanol–water partition coefficient (Wildman–Crippen LogP) is 3.12. The third-order valence-electron chi connectivity index (χ3n) is 5.45. The van der Waals surface area contributed by atoms with Gasteiger partial charge in [0.2, 0.25) is 5.49 Å². The number of phenolic OH excluding ortho intramolecular Hbond substituents is 1. The number of para-hydroxylation sites is 1. The smallest absolute Gasteiger partial charge is 0.335 e. The second-order valence-electron chi connectivity index (χ2n) is 7.70. The summed E-state index contributed by atoms with van der Waals surface area (Å²) in [4.78, 5) is 24.2. The second-order valence-corrected chi connectivity index (χ2v) is 7.70. The van der Waals surface area contributed by atoms with Gasteiger partial charge in [-0.15, -0.1) is 5.10 Å². The SMILES string of the molecule is Cc1ccc(-n2[nH]n(C)/c(=N/Nc3cccc(-c4cccc(C(=O)O)c4)c3O)c2=O)cc1C. The molecule has 0 atom stereocenters. The first-order valence-electron chi connectivity index (χ1n) is 10.2. The fourth-order valence-corrected chi connectivity index (χ4v) is 3.45. The number of nitrogens with zero attached hydrogens (tertiary/aromatic N) is 3. The molecule has 0 radical (unpaired) electrons. The fourth-order valence-electron chi connectivity index (χ4n) is 3.45. The van der Waals surface area contributed by atoms with Gasteiger partial charge in [0.1, 0.15) is 5.75 Å². The lowest BCUT2D eigenvalue weighted by Crippen LogP contribution is -2.32. The lowest BCUT2D eigenvalue weighted by Gasteiger charge is -2.10. The van der Waals surface area contributed by atoms with Crippen molar-refractivity contribution < 1.29 is 15.0 Å². The van der Waals surface area contributed by atoms with Gasteiger partial charge < -0.3 is 10.2 Å². The van der Waals surface area contributed by atoms with Crippen LogP contribution < -0.4 is 16.5 Å². The number of aromatic hydroxyl groups is 1.